The molecule has 0 radical (unpaired) electrons. The van der Waals surface area contributed by atoms with E-state index in [1.807, 2.05) is 6.92 Å². The van der Waals surface area contributed by atoms with Crippen molar-refractivity contribution in [3.05, 3.63) is 18.2 Å². The third kappa shape index (κ3) is 4.07. The Kier molecular flexibility index (Phi) is 5.59. The second kappa shape index (κ2) is 7.43. The van der Waals surface area contributed by atoms with Gasteiger partial charge in [0.15, 0.2) is 0 Å². The topological polar surface area (TPSA) is 61.0 Å². The van der Waals surface area contributed by atoms with Gasteiger partial charge in [0.1, 0.15) is 5.82 Å². The fourth-order valence-corrected chi connectivity index (χ4v) is 2.88. The summed E-state index contributed by atoms with van der Waals surface area (Å²) in [5, 5.41) is 3.00. The van der Waals surface area contributed by atoms with Crippen LogP contribution in [0.15, 0.2) is 12.4 Å². The Balaban J connectivity index is 1.72. The quantitative estimate of drug-likeness (QED) is 0.833. The van der Waals surface area contributed by atoms with Gasteiger partial charge in [-0.3, -0.25) is 9.69 Å². The number of imidazole rings is 1. The Morgan fingerprint density at radius 2 is 2.25 bits per heavy atom. The van der Waals surface area contributed by atoms with Crippen LogP contribution in [0.1, 0.15) is 44.9 Å². The molecule has 1 saturated carbocycles. The molecule has 1 atom stereocenters. The van der Waals surface area contributed by atoms with E-state index < -0.39 is 0 Å². The molecule has 2 N–H and O–H groups in total. The maximum atomic E-state index is 12.2. The van der Waals surface area contributed by atoms with Crippen LogP contribution in [0.4, 0.5) is 0 Å². The van der Waals surface area contributed by atoms with Crippen molar-refractivity contribution < 1.29 is 4.79 Å². The average molecular weight is 278 g/mol. The number of carbonyl (C=O) groups excluding carboxylic acids is 1. The summed E-state index contributed by atoms with van der Waals surface area (Å²) in [5.74, 6) is 1.03. The van der Waals surface area contributed by atoms with Crippen molar-refractivity contribution in [3.63, 3.8) is 0 Å². The van der Waals surface area contributed by atoms with Crippen LogP contribution in [0.25, 0.3) is 0 Å². The van der Waals surface area contributed by atoms with Crippen LogP contribution in [0.5, 0.6) is 0 Å². The SMILES string of the molecule is CC(C(=O)NCCc1ncc[nH]1)N(C)C1CCCCC1. The Morgan fingerprint density at radius 1 is 1.50 bits per heavy atom. The minimum atomic E-state index is -0.0605. The van der Waals surface area contributed by atoms with Gasteiger partial charge in [-0.15, -0.1) is 0 Å². The Morgan fingerprint density at radius 3 is 2.90 bits per heavy atom. The van der Waals surface area contributed by atoms with E-state index in [2.05, 4.69) is 27.2 Å². The molecule has 2 rings (SSSR count). The number of carbonyl (C=O) groups is 1. The van der Waals surface area contributed by atoms with Crippen molar-refractivity contribution >= 4 is 5.91 Å². The largest absolute Gasteiger partial charge is 0.354 e. The van der Waals surface area contributed by atoms with E-state index in [-0.39, 0.29) is 11.9 Å². The summed E-state index contributed by atoms with van der Waals surface area (Å²) in [4.78, 5) is 21.6. The van der Waals surface area contributed by atoms with Crippen molar-refractivity contribution in [3.8, 4) is 0 Å². The first-order chi connectivity index (χ1) is 9.68. The summed E-state index contributed by atoms with van der Waals surface area (Å²) in [5.41, 5.74) is 0. The molecule has 0 aliphatic heterocycles. The standard InChI is InChI=1S/C15H26N4O/c1-12(19(2)13-6-4-3-5-7-13)15(20)18-9-8-14-16-10-11-17-14/h10-13H,3-9H2,1-2H3,(H,16,17)(H,18,20). The first kappa shape index (κ1) is 15.0. The molecule has 5 heteroatoms. The second-order valence-corrected chi connectivity index (χ2v) is 5.71. The van der Waals surface area contributed by atoms with Crippen LogP contribution in [0, 0.1) is 0 Å². The molecule has 5 nitrogen and oxygen atoms in total. The predicted molar refractivity (Wildman–Crippen MR) is 79.4 cm³/mol. The van der Waals surface area contributed by atoms with E-state index in [9.17, 15) is 4.79 Å². The average Bonchev–Trinajstić information content (AvgIpc) is 2.99. The monoisotopic (exact) mass is 278 g/mol. The van der Waals surface area contributed by atoms with Crippen LogP contribution in [-0.4, -0.2) is 46.5 Å². The summed E-state index contributed by atoms with van der Waals surface area (Å²) in [6.45, 7) is 2.63. The molecule has 1 aliphatic carbocycles. The molecule has 1 fully saturated rings. The van der Waals surface area contributed by atoms with E-state index in [1.54, 1.807) is 12.4 Å². The van der Waals surface area contributed by atoms with Gasteiger partial charge in [0.05, 0.1) is 6.04 Å². The molecule has 1 unspecified atom stereocenters. The number of amides is 1. The smallest absolute Gasteiger partial charge is 0.237 e. The lowest BCUT2D eigenvalue weighted by Gasteiger charge is -2.34. The Labute approximate surface area is 121 Å². The van der Waals surface area contributed by atoms with Gasteiger partial charge < -0.3 is 10.3 Å². The molecular weight excluding hydrogens is 252 g/mol. The van der Waals surface area contributed by atoms with Gasteiger partial charge in [-0.2, -0.15) is 0 Å². The zero-order chi connectivity index (χ0) is 14.4. The van der Waals surface area contributed by atoms with E-state index in [4.69, 9.17) is 0 Å². The van der Waals surface area contributed by atoms with E-state index in [0.717, 1.165) is 12.2 Å². The summed E-state index contributed by atoms with van der Waals surface area (Å²) < 4.78 is 0. The number of nitrogens with one attached hydrogen (secondary N) is 2. The minimum Gasteiger partial charge on any atom is -0.354 e. The number of nitrogens with zero attached hydrogens (tertiary/aromatic N) is 2. The van der Waals surface area contributed by atoms with E-state index >= 15 is 0 Å². The molecule has 112 valence electrons. The molecule has 1 aromatic rings. The van der Waals surface area contributed by atoms with Crippen LogP contribution in [-0.2, 0) is 11.2 Å². The number of hydrogen-bond acceptors (Lipinski definition) is 3. The molecule has 1 aromatic heterocycles. The number of hydrogen-bond donors (Lipinski definition) is 2. The maximum Gasteiger partial charge on any atom is 0.237 e. The van der Waals surface area contributed by atoms with Gasteiger partial charge in [0.2, 0.25) is 5.91 Å². The third-order valence-corrected chi connectivity index (χ3v) is 4.36. The second-order valence-electron chi connectivity index (χ2n) is 5.71. The van der Waals surface area contributed by atoms with Crippen molar-refractivity contribution in [2.24, 2.45) is 0 Å². The molecule has 1 aliphatic rings. The van der Waals surface area contributed by atoms with Gasteiger partial charge >= 0.3 is 0 Å². The number of rotatable bonds is 6. The van der Waals surface area contributed by atoms with E-state index in [0.29, 0.717) is 12.6 Å². The summed E-state index contributed by atoms with van der Waals surface area (Å²) in [6.07, 6.45) is 10.7. The summed E-state index contributed by atoms with van der Waals surface area (Å²) in [7, 11) is 2.08. The number of aromatic nitrogens is 2. The fourth-order valence-electron chi connectivity index (χ4n) is 2.88. The van der Waals surface area contributed by atoms with Crippen molar-refractivity contribution in [2.75, 3.05) is 13.6 Å². The lowest BCUT2D eigenvalue weighted by Crippen LogP contribution is -2.48. The predicted octanol–water partition coefficient (Wildman–Crippen LogP) is 1.72. The van der Waals surface area contributed by atoms with Gasteiger partial charge in [0, 0.05) is 31.4 Å². The molecule has 0 bridgehead atoms. The first-order valence-corrected chi connectivity index (χ1v) is 7.66. The molecular formula is C15H26N4O. The zero-order valence-corrected chi connectivity index (χ0v) is 12.6. The lowest BCUT2D eigenvalue weighted by atomic mass is 9.93. The maximum absolute atomic E-state index is 12.2. The van der Waals surface area contributed by atoms with Crippen molar-refractivity contribution in [1.82, 2.24) is 20.2 Å². The number of likely N-dealkylation sites (N-methyl/N-ethyl adjacent to an activating group) is 1. The number of H-pyrrole nitrogens is 1. The molecule has 1 heterocycles. The number of aromatic amines is 1. The molecule has 0 spiro atoms. The van der Waals surface area contributed by atoms with Crippen molar-refractivity contribution in [2.45, 2.75) is 57.5 Å². The Bertz CT molecular complexity index is 398. The van der Waals surface area contributed by atoms with Crippen LogP contribution in [0.3, 0.4) is 0 Å². The van der Waals surface area contributed by atoms with Gasteiger partial charge in [0.25, 0.3) is 0 Å². The third-order valence-electron chi connectivity index (χ3n) is 4.36. The van der Waals surface area contributed by atoms with Crippen molar-refractivity contribution in [1.29, 1.82) is 0 Å². The highest BCUT2D eigenvalue weighted by Crippen LogP contribution is 2.22. The van der Waals surface area contributed by atoms with Crippen LogP contribution >= 0.6 is 0 Å². The highest BCUT2D eigenvalue weighted by Gasteiger charge is 2.25. The molecule has 0 aromatic carbocycles. The highest BCUT2D eigenvalue weighted by molar-refractivity contribution is 5.81. The van der Waals surface area contributed by atoms with Gasteiger partial charge in [-0.25, -0.2) is 4.98 Å². The van der Waals surface area contributed by atoms with Gasteiger partial charge in [-0.05, 0) is 26.8 Å². The Hall–Kier alpha value is -1.36. The molecule has 0 saturated heterocycles. The minimum absolute atomic E-state index is 0.0605. The van der Waals surface area contributed by atoms with Crippen LogP contribution in [0.2, 0.25) is 0 Å². The van der Waals surface area contributed by atoms with E-state index in [1.165, 1.54) is 32.1 Å². The first-order valence-electron chi connectivity index (χ1n) is 7.66. The normalized spacial score (nSPS) is 18.1. The lowest BCUT2D eigenvalue weighted by molar-refractivity contribution is -0.126. The zero-order valence-electron chi connectivity index (χ0n) is 12.6. The summed E-state index contributed by atoms with van der Waals surface area (Å²) >= 11 is 0. The van der Waals surface area contributed by atoms with Crippen LogP contribution < -0.4 is 5.32 Å². The van der Waals surface area contributed by atoms with Gasteiger partial charge in [-0.1, -0.05) is 19.3 Å². The fraction of sp³-hybridized carbons (Fsp3) is 0.733. The highest BCUT2D eigenvalue weighted by atomic mass is 16.2. The molecule has 1 amide bonds. The molecule has 20 heavy (non-hydrogen) atoms. The summed E-state index contributed by atoms with van der Waals surface area (Å²) in [6, 6.07) is 0.504.